The van der Waals surface area contributed by atoms with Crippen molar-refractivity contribution in [2.45, 2.75) is 40.0 Å². The third kappa shape index (κ3) is 2.58. The standard InChI is InChI=1S/C21H21N5O2/c1-12-22-18-11-28-19-7-5-4-6-14(19)8-15(18)20(23-12)26-9-16-17(10-26)24-13(2)25(3)21(16)27/h4-7H,8-11H2,1-3H3. The van der Waals surface area contributed by atoms with Crippen molar-refractivity contribution in [3.05, 3.63) is 74.3 Å². The number of aromatic nitrogens is 4. The number of fused-ring (bicyclic) bond motifs is 3. The van der Waals surface area contributed by atoms with Crippen LogP contribution in [0.1, 0.15) is 39.7 Å². The summed E-state index contributed by atoms with van der Waals surface area (Å²) in [6.07, 6.45) is 0.707. The maximum Gasteiger partial charge on any atom is 0.258 e. The van der Waals surface area contributed by atoms with Crippen LogP contribution in [0.4, 0.5) is 5.82 Å². The lowest BCUT2D eigenvalue weighted by Gasteiger charge is -2.21. The van der Waals surface area contributed by atoms with Gasteiger partial charge in [-0.05, 0) is 25.5 Å². The topological polar surface area (TPSA) is 73.1 Å². The van der Waals surface area contributed by atoms with Gasteiger partial charge in [0.2, 0.25) is 0 Å². The largest absolute Gasteiger partial charge is 0.487 e. The zero-order valence-corrected chi connectivity index (χ0v) is 16.2. The van der Waals surface area contributed by atoms with E-state index in [0.717, 1.165) is 45.5 Å². The molecule has 142 valence electrons. The summed E-state index contributed by atoms with van der Waals surface area (Å²) in [4.78, 5) is 28.8. The van der Waals surface area contributed by atoms with Crippen LogP contribution in [-0.4, -0.2) is 19.5 Å². The second kappa shape index (κ2) is 6.15. The Kier molecular flexibility index (Phi) is 3.72. The Morgan fingerprint density at radius 1 is 1.00 bits per heavy atom. The number of ether oxygens (including phenoxy) is 1. The summed E-state index contributed by atoms with van der Waals surface area (Å²) < 4.78 is 7.59. The van der Waals surface area contributed by atoms with Gasteiger partial charge >= 0.3 is 0 Å². The van der Waals surface area contributed by atoms with Crippen molar-refractivity contribution in [1.29, 1.82) is 0 Å². The highest BCUT2D eigenvalue weighted by atomic mass is 16.5. The molecule has 0 saturated carbocycles. The maximum absolute atomic E-state index is 12.7. The zero-order valence-electron chi connectivity index (χ0n) is 16.2. The minimum atomic E-state index is 0.0237. The van der Waals surface area contributed by atoms with Crippen molar-refractivity contribution in [3.8, 4) is 5.75 Å². The van der Waals surface area contributed by atoms with Crippen molar-refractivity contribution in [3.63, 3.8) is 0 Å². The molecule has 0 bridgehead atoms. The van der Waals surface area contributed by atoms with E-state index in [9.17, 15) is 4.79 Å². The molecule has 7 heteroatoms. The molecule has 0 unspecified atom stereocenters. The first kappa shape index (κ1) is 16.9. The molecule has 0 amide bonds. The Labute approximate surface area is 162 Å². The van der Waals surface area contributed by atoms with Crippen molar-refractivity contribution in [2.24, 2.45) is 7.05 Å². The second-order valence-corrected chi connectivity index (χ2v) is 7.40. The molecule has 0 fully saturated rings. The second-order valence-electron chi connectivity index (χ2n) is 7.40. The monoisotopic (exact) mass is 375 g/mol. The Balaban J connectivity index is 1.60. The van der Waals surface area contributed by atoms with Gasteiger partial charge < -0.3 is 9.64 Å². The SMILES string of the molecule is Cc1nc2c(c(N3Cc4nc(C)n(C)c(=O)c4C3)n1)Cc1ccccc1OC2. The number of hydrogen-bond acceptors (Lipinski definition) is 6. The molecule has 0 N–H and O–H groups in total. The van der Waals surface area contributed by atoms with Crippen LogP contribution < -0.4 is 15.2 Å². The summed E-state index contributed by atoms with van der Waals surface area (Å²) in [6, 6.07) is 8.06. The van der Waals surface area contributed by atoms with Crippen LogP contribution in [0.2, 0.25) is 0 Å². The number of anilines is 1. The summed E-state index contributed by atoms with van der Waals surface area (Å²) in [7, 11) is 1.77. The number of hydrogen-bond donors (Lipinski definition) is 0. The normalized spacial score (nSPS) is 14.8. The van der Waals surface area contributed by atoms with Gasteiger partial charge in [-0.1, -0.05) is 18.2 Å². The van der Waals surface area contributed by atoms with Crippen molar-refractivity contribution in [1.82, 2.24) is 19.5 Å². The third-order valence-corrected chi connectivity index (χ3v) is 5.57. The van der Waals surface area contributed by atoms with Gasteiger partial charge in [0.1, 0.15) is 29.8 Å². The van der Waals surface area contributed by atoms with Crippen molar-refractivity contribution < 1.29 is 4.74 Å². The highest BCUT2D eigenvalue weighted by Crippen LogP contribution is 2.34. The molecule has 2 aliphatic heterocycles. The molecular weight excluding hydrogens is 354 g/mol. The lowest BCUT2D eigenvalue weighted by molar-refractivity contribution is 0.301. The Morgan fingerprint density at radius 3 is 2.68 bits per heavy atom. The summed E-state index contributed by atoms with van der Waals surface area (Å²) in [5.74, 6) is 3.20. The number of rotatable bonds is 1. The number of benzene rings is 1. The number of nitrogens with zero attached hydrogens (tertiary/aromatic N) is 5. The fourth-order valence-electron chi connectivity index (χ4n) is 4.00. The van der Waals surface area contributed by atoms with E-state index in [4.69, 9.17) is 9.72 Å². The smallest absolute Gasteiger partial charge is 0.258 e. The van der Waals surface area contributed by atoms with E-state index in [0.29, 0.717) is 31.9 Å². The molecule has 2 aromatic heterocycles. The van der Waals surface area contributed by atoms with Gasteiger partial charge in [0, 0.05) is 19.0 Å². The van der Waals surface area contributed by atoms with E-state index in [2.05, 4.69) is 20.9 Å². The van der Waals surface area contributed by atoms with Crippen LogP contribution in [-0.2, 0) is 33.2 Å². The van der Waals surface area contributed by atoms with Crippen molar-refractivity contribution in [2.75, 3.05) is 4.90 Å². The van der Waals surface area contributed by atoms with Crippen LogP contribution in [0.5, 0.6) is 5.75 Å². The van der Waals surface area contributed by atoms with E-state index in [1.165, 1.54) is 0 Å². The van der Waals surface area contributed by atoms with Crippen LogP contribution in [0.25, 0.3) is 0 Å². The Morgan fingerprint density at radius 2 is 1.82 bits per heavy atom. The van der Waals surface area contributed by atoms with E-state index in [1.54, 1.807) is 11.6 Å². The molecule has 0 radical (unpaired) electrons. The molecule has 4 heterocycles. The maximum atomic E-state index is 12.7. The first-order valence-corrected chi connectivity index (χ1v) is 9.38. The van der Waals surface area contributed by atoms with Gasteiger partial charge in [-0.2, -0.15) is 0 Å². The van der Waals surface area contributed by atoms with Crippen LogP contribution in [0.15, 0.2) is 29.1 Å². The van der Waals surface area contributed by atoms with Gasteiger partial charge in [-0.15, -0.1) is 0 Å². The molecule has 0 spiro atoms. The Bertz CT molecular complexity index is 1170. The van der Waals surface area contributed by atoms with Crippen LogP contribution in [0.3, 0.4) is 0 Å². The summed E-state index contributed by atoms with van der Waals surface area (Å²) in [5, 5.41) is 0. The summed E-state index contributed by atoms with van der Waals surface area (Å²) >= 11 is 0. The van der Waals surface area contributed by atoms with E-state index in [1.807, 2.05) is 32.0 Å². The molecule has 1 aromatic carbocycles. The van der Waals surface area contributed by atoms with Gasteiger partial charge in [0.25, 0.3) is 5.56 Å². The number of aryl methyl sites for hydroxylation is 2. The average molecular weight is 375 g/mol. The van der Waals surface area contributed by atoms with Gasteiger partial charge in [-0.3, -0.25) is 9.36 Å². The third-order valence-electron chi connectivity index (χ3n) is 5.57. The van der Waals surface area contributed by atoms with Crippen molar-refractivity contribution >= 4 is 5.82 Å². The quantitative estimate of drug-likeness (QED) is 0.649. The number of para-hydroxylation sites is 1. The molecule has 0 aliphatic carbocycles. The predicted molar refractivity (Wildman–Crippen MR) is 104 cm³/mol. The molecule has 3 aromatic rings. The highest BCUT2D eigenvalue weighted by molar-refractivity contribution is 5.56. The Hall–Kier alpha value is -3.22. The zero-order chi connectivity index (χ0) is 19.4. The van der Waals surface area contributed by atoms with Gasteiger partial charge in [-0.25, -0.2) is 15.0 Å². The summed E-state index contributed by atoms with van der Waals surface area (Å²) in [6.45, 7) is 5.27. The fraction of sp³-hybridized carbons (Fsp3) is 0.333. The minimum absolute atomic E-state index is 0.0237. The van der Waals surface area contributed by atoms with Gasteiger partial charge in [0.05, 0.1) is 30.0 Å². The minimum Gasteiger partial charge on any atom is -0.487 e. The lowest BCUT2D eigenvalue weighted by Crippen LogP contribution is -2.25. The molecule has 2 aliphatic rings. The lowest BCUT2D eigenvalue weighted by atomic mass is 10.0. The summed E-state index contributed by atoms with van der Waals surface area (Å²) in [5.41, 5.74) is 4.72. The van der Waals surface area contributed by atoms with Gasteiger partial charge in [0.15, 0.2) is 0 Å². The molecule has 5 rings (SSSR count). The first-order chi connectivity index (χ1) is 13.5. The fourth-order valence-corrected chi connectivity index (χ4v) is 4.00. The van der Waals surface area contributed by atoms with Crippen LogP contribution >= 0.6 is 0 Å². The van der Waals surface area contributed by atoms with E-state index < -0.39 is 0 Å². The molecule has 7 nitrogen and oxygen atoms in total. The molecule has 0 saturated heterocycles. The first-order valence-electron chi connectivity index (χ1n) is 9.38. The molecular formula is C21H21N5O2. The van der Waals surface area contributed by atoms with E-state index in [-0.39, 0.29) is 5.56 Å². The average Bonchev–Trinajstić information content (AvgIpc) is 3.01. The molecule has 0 atom stereocenters. The molecule has 28 heavy (non-hydrogen) atoms. The van der Waals surface area contributed by atoms with Crippen LogP contribution in [0, 0.1) is 13.8 Å². The highest BCUT2D eigenvalue weighted by Gasteiger charge is 2.29. The van der Waals surface area contributed by atoms with E-state index >= 15 is 0 Å². The predicted octanol–water partition coefficient (Wildman–Crippen LogP) is 2.19.